The van der Waals surface area contributed by atoms with Crippen LogP contribution in [0.3, 0.4) is 0 Å². The number of ether oxygens (including phenoxy) is 2. The van der Waals surface area contributed by atoms with Gasteiger partial charge in [-0.05, 0) is 18.2 Å². The number of rotatable bonds is 5. The predicted molar refractivity (Wildman–Crippen MR) is 85.1 cm³/mol. The Morgan fingerprint density at radius 1 is 1.04 bits per heavy atom. The van der Waals surface area contributed by atoms with Crippen LogP contribution in [0.2, 0.25) is 0 Å². The fraction of sp³-hybridized carbons (Fsp3) is 0.562. The van der Waals surface area contributed by atoms with E-state index in [0.29, 0.717) is 0 Å². The van der Waals surface area contributed by atoms with Crippen LogP contribution in [-0.4, -0.2) is 26.1 Å². The molecular formula is C16H27F3O4. The number of alkyl halides is 2. The van der Waals surface area contributed by atoms with Crippen LogP contribution < -0.4 is 9.47 Å². The Kier molecular flexibility index (Phi) is 20.5. The monoisotopic (exact) mass is 340 g/mol. The van der Waals surface area contributed by atoms with E-state index in [0.717, 1.165) is 6.07 Å². The predicted octanol–water partition coefficient (Wildman–Crippen LogP) is 5.46. The van der Waals surface area contributed by atoms with Crippen molar-refractivity contribution in [1.82, 2.24) is 0 Å². The first-order chi connectivity index (χ1) is 11.1. The van der Waals surface area contributed by atoms with Gasteiger partial charge in [0.1, 0.15) is 6.61 Å². The van der Waals surface area contributed by atoms with Crippen LogP contribution in [0.15, 0.2) is 18.2 Å². The quantitative estimate of drug-likeness (QED) is 0.714. The van der Waals surface area contributed by atoms with Crippen molar-refractivity contribution in [3.8, 4) is 11.5 Å². The van der Waals surface area contributed by atoms with Crippen molar-refractivity contribution in [3.05, 3.63) is 23.8 Å². The van der Waals surface area contributed by atoms with Crippen molar-refractivity contribution in [2.75, 3.05) is 13.7 Å². The summed E-state index contributed by atoms with van der Waals surface area (Å²) in [7, 11) is 1.26. The summed E-state index contributed by atoms with van der Waals surface area (Å²) >= 11 is 0. The van der Waals surface area contributed by atoms with E-state index in [4.69, 9.17) is 9.47 Å². The zero-order valence-electron chi connectivity index (χ0n) is 14.8. The van der Waals surface area contributed by atoms with Crippen molar-refractivity contribution < 1.29 is 32.5 Å². The Hall–Kier alpha value is -1.92. The lowest BCUT2D eigenvalue weighted by Crippen LogP contribution is -2.08. The minimum Gasteiger partial charge on any atom is -0.493 e. The molecule has 0 aromatic heterocycles. The number of carbonyl (C=O) groups is 1. The molecule has 0 spiro atoms. The highest BCUT2D eigenvalue weighted by molar-refractivity contribution is 5.89. The molecule has 0 N–H and O–H groups in total. The van der Waals surface area contributed by atoms with Gasteiger partial charge in [-0.2, -0.15) is 0 Å². The van der Waals surface area contributed by atoms with Gasteiger partial charge in [0.25, 0.3) is 6.43 Å². The number of benzene rings is 1. The van der Waals surface area contributed by atoms with Crippen LogP contribution in [-0.2, 0) is 4.94 Å². The van der Waals surface area contributed by atoms with Gasteiger partial charge in [-0.25, -0.2) is 18.5 Å². The largest absolute Gasteiger partial charge is 0.493 e. The SMILES string of the molecule is CC.CC.CC.COc1cc(C(=O)OF)ccc1OCC(F)F. The summed E-state index contributed by atoms with van der Waals surface area (Å²) in [6.45, 7) is 11.2. The van der Waals surface area contributed by atoms with E-state index in [1.165, 1.54) is 19.2 Å². The maximum absolute atomic E-state index is 11.9. The lowest BCUT2D eigenvalue weighted by Gasteiger charge is -2.10. The molecule has 0 amide bonds. The van der Waals surface area contributed by atoms with Crippen molar-refractivity contribution in [1.29, 1.82) is 0 Å². The van der Waals surface area contributed by atoms with Gasteiger partial charge in [0.15, 0.2) is 11.5 Å². The lowest BCUT2D eigenvalue weighted by molar-refractivity contribution is -0.0788. The first-order valence-electron chi connectivity index (χ1n) is 7.50. The maximum atomic E-state index is 11.9. The van der Waals surface area contributed by atoms with Gasteiger partial charge in [-0.15, -0.1) is 0 Å². The second-order valence-electron chi connectivity index (χ2n) is 2.93. The third-order valence-electron chi connectivity index (χ3n) is 1.83. The molecule has 0 aliphatic rings. The third-order valence-corrected chi connectivity index (χ3v) is 1.83. The van der Waals surface area contributed by atoms with Crippen LogP contribution >= 0.6 is 0 Å². The molecule has 0 unspecified atom stereocenters. The minimum atomic E-state index is -2.63. The molecule has 0 atom stereocenters. The van der Waals surface area contributed by atoms with Gasteiger partial charge in [-0.3, -0.25) is 0 Å². The number of hydrogen-bond acceptors (Lipinski definition) is 4. The summed E-state index contributed by atoms with van der Waals surface area (Å²) in [4.78, 5) is 13.9. The smallest absolute Gasteiger partial charge is 0.379 e. The molecule has 1 aromatic rings. The lowest BCUT2D eigenvalue weighted by atomic mass is 10.2. The van der Waals surface area contributed by atoms with E-state index in [9.17, 15) is 18.1 Å². The molecule has 0 bridgehead atoms. The fourth-order valence-electron chi connectivity index (χ4n) is 1.11. The second-order valence-corrected chi connectivity index (χ2v) is 2.93. The van der Waals surface area contributed by atoms with E-state index >= 15 is 0 Å². The van der Waals surface area contributed by atoms with Crippen molar-refractivity contribution >= 4 is 5.97 Å². The highest BCUT2D eigenvalue weighted by Gasteiger charge is 2.14. The maximum Gasteiger partial charge on any atom is 0.379 e. The van der Waals surface area contributed by atoms with Gasteiger partial charge < -0.3 is 9.47 Å². The van der Waals surface area contributed by atoms with Crippen LogP contribution in [0, 0.1) is 0 Å². The summed E-state index contributed by atoms with van der Waals surface area (Å²) in [5.41, 5.74) is -0.117. The van der Waals surface area contributed by atoms with Crippen molar-refractivity contribution in [2.45, 2.75) is 48.0 Å². The van der Waals surface area contributed by atoms with Crippen molar-refractivity contribution in [2.24, 2.45) is 0 Å². The van der Waals surface area contributed by atoms with Crippen LogP contribution in [0.1, 0.15) is 51.9 Å². The molecule has 0 saturated heterocycles. The van der Waals surface area contributed by atoms with E-state index in [1.807, 2.05) is 41.5 Å². The normalized spacial score (nSPS) is 8.30. The topological polar surface area (TPSA) is 44.8 Å². The number of hydrogen-bond donors (Lipinski definition) is 0. The average molecular weight is 340 g/mol. The Morgan fingerprint density at radius 3 is 1.96 bits per heavy atom. The van der Waals surface area contributed by atoms with Crippen LogP contribution in [0.4, 0.5) is 13.3 Å². The van der Waals surface area contributed by atoms with E-state index in [2.05, 4.69) is 4.94 Å². The van der Waals surface area contributed by atoms with Gasteiger partial charge in [-0.1, -0.05) is 41.5 Å². The van der Waals surface area contributed by atoms with E-state index < -0.39 is 19.0 Å². The summed E-state index contributed by atoms with van der Waals surface area (Å²) in [6, 6.07) is 3.52. The highest BCUT2D eigenvalue weighted by Crippen LogP contribution is 2.28. The molecule has 136 valence electrons. The first kappa shape index (κ1) is 26.0. The van der Waals surface area contributed by atoms with Gasteiger partial charge >= 0.3 is 5.97 Å². The Balaban J connectivity index is -0.000000595. The number of methoxy groups -OCH3 is 1. The second kappa shape index (κ2) is 18.1. The summed E-state index contributed by atoms with van der Waals surface area (Å²) in [5.74, 6) is -1.14. The molecule has 1 aromatic carbocycles. The molecule has 4 nitrogen and oxygen atoms in total. The number of halogens is 3. The Morgan fingerprint density at radius 2 is 1.57 bits per heavy atom. The Labute approximate surface area is 136 Å². The standard InChI is InChI=1S/C10H9F3O4.3C2H6/c1-15-8-4-6(10(14)17-13)2-3-7(8)16-5-9(11)12;3*1-2/h2-4,9H,5H2,1H3;3*1-2H3. The zero-order chi connectivity index (χ0) is 18.8. The summed E-state index contributed by atoms with van der Waals surface area (Å²) in [6.07, 6.45) is -2.63. The first-order valence-corrected chi connectivity index (χ1v) is 7.50. The van der Waals surface area contributed by atoms with E-state index in [1.54, 1.807) is 0 Å². The molecule has 0 fully saturated rings. The zero-order valence-corrected chi connectivity index (χ0v) is 14.8. The fourth-order valence-corrected chi connectivity index (χ4v) is 1.11. The van der Waals surface area contributed by atoms with Gasteiger partial charge in [0.2, 0.25) is 0 Å². The molecule has 7 heteroatoms. The molecule has 0 heterocycles. The molecule has 0 aliphatic heterocycles. The van der Waals surface area contributed by atoms with Crippen molar-refractivity contribution in [3.63, 3.8) is 0 Å². The molecule has 1 rings (SSSR count). The molecule has 0 saturated carbocycles. The third kappa shape index (κ3) is 11.3. The summed E-state index contributed by atoms with van der Waals surface area (Å²) in [5, 5.41) is 0. The molecule has 0 radical (unpaired) electrons. The minimum absolute atomic E-state index is 0.0307. The summed E-state index contributed by atoms with van der Waals surface area (Å²) < 4.78 is 45.0. The van der Waals surface area contributed by atoms with E-state index in [-0.39, 0.29) is 17.1 Å². The molecular weight excluding hydrogens is 313 g/mol. The number of carbonyl (C=O) groups excluding carboxylic acids is 1. The van der Waals surface area contributed by atoms with Crippen LogP contribution in [0.25, 0.3) is 0 Å². The van der Waals surface area contributed by atoms with Gasteiger partial charge in [0, 0.05) is 4.53 Å². The van der Waals surface area contributed by atoms with Crippen LogP contribution in [0.5, 0.6) is 11.5 Å². The molecule has 0 aliphatic carbocycles. The van der Waals surface area contributed by atoms with Gasteiger partial charge in [0.05, 0.1) is 12.7 Å². The Bertz CT molecular complexity index is 399. The highest BCUT2D eigenvalue weighted by atomic mass is 19.3. The average Bonchev–Trinajstić information content (AvgIpc) is 2.64. The molecule has 23 heavy (non-hydrogen) atoms.